The van der Waals surface area contributed by atoms with Crippen LogP contribution in [0.4, 0.5) is 0 Å². The van der Waals surface area contributed by atoms with Gasteiger partial charge in [0.05, 0.1) is 12.2 Å². The highest BCUT2D eigenvalue weighted by Gasteiger charge is 2.41. The van der Waals surface area contributed by atoms with Gasteiger partial charge in [0.2, 0.25) is 0 Å². The van der Waals surface area contributed by atoms with E-state index in [1.165, 1.54) is 0 Å². The summed E-state index contributed by atoms with van der Waals surface area (Å²) in [5.41, 5.74) is 1.78. The SMILES string of the molecule is CCCCCC(=O)c1ccc([C@@H]2[C@@H](CC=CCCCC(=O)OC(C)C)[C@H](Cl)C[C@H]2O)cc1. The quantitative estimate of drug-likeness (QED) is 0.118. The van der Waals surface area contributed by atoms with Gasteiger partial charge in [0.25, 0.3) is 0 Å². The molecule has 4 atom stereocenters. The Morgan fingerprint density at radius 3 is 2.50 bits per heavy atom. The molecule has 1 aliphatic rings. The van der Waals surface area contributed by atoms with Crippen molar-refractivity contribution in [2.45, 2.75) is 102 Å². The lowest BCUT2D eigenvalue weighted by atomic mass is 9.85. The van der Waals surface area contributed by atoms with Crippen LogP contribution in [-0.2, 0) is 9.53 Å². The Morgan fingerprint density at radius 2 is 1.84 bits per heavy atom. The molecule has 0 amide bonds. The third-order valence-corrected chi connectivity index (χ3v) is 6.63. The van der Waals surface area contributed by atoms with E-state index in [4.69, 9.17) is 16.3 Å². The van der Waals surface area contributed by atoms with Gasteiger partial charge in [-0.25, -0.2) is 0 Å². The number of benzene rings is 1. The number of ether oxygens (including phenoxy) is 1. The number of aliphatic hydroxyl groups excluding tert-OH is 1. The standard InChI is InChI=1S/C27H39ClO4/c1-4-5-8-12-24(29)20-14-16-21(17-15-20)27-22(23(28)18-25(27)30)11-9-6-7-10-13-26(31)32-19(2)3/h6,9,14-17,19,22-23,25,27,30H,4-5,7-8,10-13,18H2,1-3H3/t22-,23+,25+,27+/m0/s1. The van der Waals surface area contributed by atoms with Gasteiger partial charge in [-0.15, -0.1) is 11.6 Å². The van der Waals surface area contributed by atoms with Crippen LogP contribution in [-0.4, -0.2) is 34.4 Å². The fourth-order valence-corrected chi connectivity index (χ4v) is 4.90. The fourth-order valence-electron chi connectivity index (χ4n) is 4.45. The van der Waals surface area contributed by atoms with Crippen molar-refractivity contribution in [3.8, 4) is 0 Å². The van der Waals surface area contributed by atoms with Gasteiger partial charge in [0, 0.05) is 29.7 Å². The minimum absolute atomic E-state index is 0.0348. The molecule has 0 bridgehead atoms. The number of aliphatic hydroxyl groups is 1. The summed E-state index contributed by atoms with van der Waals surface area (Å²) in [6.07, 6.45) is 10.7. The number of alkyl halides is 1. The lowest BCUT2D eigenvalue weighted by Crippen LogP contribution is -2.18. The first-order valence-corrected chi connectivity index (χ1v) is 12.6. The number of allylic oxidation sites excluding steroid dienone is 2. The average molecular weight is 463 g/mol. The van der Waals surface area contributed by atoms with Crippen molar-refractivity contribution in [3.05, 3.63) is 47.5 Å². The maximum absolute atomic E-state index is 12.3. The molecule has 0 unspecified atom stereocenters. The van der Waals surface area contributed by atoms with Crippen LogP contribution >= 0.6 is 11.6 Å². The van der Waals surface area contributed by atoms with Crippen LogP contribution in [0, 0.1) is 5.92 Å². The minimum Gasteiger partial charge on any atom is -0.463 e. The third kappa shape index (κ3) is 8.37. The first-order valence-electron chi connectivity index (χ1n) is 12.1. The molecule has 4 nitrogen and oxygen atoms in total. The minimum atomic E-state index is -0.479. The van der Waals surface area contributed by atoms with Gasteiger partial charge < -0.3 is 9.84 Å². The molecule has 1 fully saturated rings. The van der Waals surface area contributed by atoms with Gasteiger partial charge in [-0.05, 0) is 57.4 Å². The first kappa shape index (κ1) is 26.6. The molecule has 32 heavy (non-hydrogen) atoms. The van der Waals surface area contributed by atoms with Crippen molar-refractivity contribution < 1.29 is 19.4 Å². The molecule has 0 saturated heterocycles. The Balaban J connectivity index is 1.90. The van der Waals surface area contributed by atoms with Crippen LogP contribution < -0.4 is 0 Å². The molecule has 1 aromatic carbocycles. The van der Waals surface area contributed by atoms with E-state index in [1.807, 2.05) is 38.1 Å². The van der Waals surface area contributed by atoms with Gasteiger partial charge in [0.1, 0.15) is 0 Å². The van der Waals surface area contributed by atoms with Gasteiger partial charge in [0.15, 0.2) is 5.78 Å². The smallest absolute Gasteiger partial charge is 0.306 e. The zero-order valence-corrected chi connectivity index (χ0v) is 20.5. The average Bonchev–Trinajstić information content (AvgIpc) is 3.03. The van der Waals surface area contributed by atoms with Crippen molar-refractivity contribution in [2.24, 2.45) is 5.92 Å². The van der Waals surface area contributed by atoms with Gasteiger partial charge in [-0.1, -0.05) is 56.2 Å². The number of hydrogen-bond donors (Lipinski definition) is 1. The number of unbranched alkanes of at least 4 members (excludes halogenated alkanes) is 3. The van der Waals surface area contributed by atoms with Crippen LogP contribution in [0.3, 0.4) is 0 Å². The first-order chi connectivity index (χ1) is 15.3. The second kappa shape index (κ2) is 13.8. The summed E-state index contributed by atoms with van der Waals surface area (Å²) < 4.78 is 5.15. The van der Waals surface area contributed by atoms with Crippen molar-refractivity contribution >= 4 is 23.4 Å². The van der Waals surface area contributed by atoms with Crippen molar-refractivity contribution in [1.29, 1.82) is 0 Å². The largest absolute Gasteiger partial charge is 0.463 e. The second-order valence-electron chi connectivity index (χ2n) is 9.15. The predicted molar refractivity (Wildman–Crippen MR) is 130 cm³/mol. The monoisotopic (exact) mass is 462 g/mol. The number of rotatable bonds is 13. The van der Waals surface area contributed by atoms with Crippen LogP contribution in [0.5, 0.6) is 0 Å². The Bertz CT molecular complexity index is 741. The van der Waals surface area contributed by atoms with E-state index < -0.39 is 6.10 Å². The molecule has 0 spiro atoms. The number of Topliss-reactive ketones (excluding diaryl/α,β-unsaturated/α-hetero) is 1. The second-order valence-corrected chi connectivity index (χ2v) is 9.71. The highest BCUT2D eigenvalue weighted by molar-refractivity contribution is 6.21. The van der Waals surface area contributed by atoms with Gasteiger partial charge in [-0.2, -0.15) is 0 Å². The summed E-state index contributed by atoms with van der Waals surface area (Å²) in [5.74, 6) is 0.136. The van der Waals surface area contributed by atoms with E-state index in [1.54, 1.807) is 0 Å². The molecular formula is C27H39ClO4. The molecule has 2 rings (SSSR count). The lowest BCUT2D eigenvalue weighted by molar-refractivity contribution is -0.147. The van der Waals surface area contributed by atoms with E-state index >= 15 is 0 Å². The number of esters is 1. The number of halogens is 1. The van der Waals surface area contributed by atoms with Crippen LogP contribution in [0.15, 0.2) is 36.4 Å². The fraction of sp³-hybridized carbons (Fsp3) is 0.630. The number of hydrogen-bond acceptors (Lipinski definition) is 4. The third-order valence-electron chi connectivity index (χ3n) is 6.13. The highest BCUT2D eigenvalue weighted by Crippen LogP contribution is 2.44. The van der Waals surface area contributed by atoms with E-state index in [-0.39, 0.29) is 35.1 Å². The normalized spacial score (nSPS) is 23.2. The van der Waals surface area contributed by atoms with Crippen LogP contribution in [0.1, 0.15) is 100 Å². The Kier molecular flexibility index (Phi) is 11.5. The molecule has 178 valence electrons. The van der Waals surface area contributed by atoms with E-state index in [0.29, 0.717) is 19.3 Å². The predicted octanol–water partition coefficient (Wildman–Crippen LogP) is 6.59. The molecular weight excluding hydrogens is 424 g/mol. The Morgan fingerprint density at radius 1 is 1.12 bits per heavy atom. The number of ketones is 1. The molecule has 0 radical (unpaired) electrons. The molecule has 1 saturated carbocycles. The zero-order valence-electron chi connectivity index (χ0n) is 19.8. The summed E-state index contributed by atoms with van der Waals surface area (Å²) in [4.78, 5) is 23.9. The number of carbonyl (C=O) groups excluding carboxylic acids is 2. The number of carbonyl (C=O) groups is 2. The lowest BCUT2D eigenvalue weighted by Gasteiger charge is -2.23. The van der Waals surface area contributed by atoms with Gasteiger partial charge in [-0.3, -0.25) is 9.59 Å². The summed E-state index contributed by atoms with van der Waals surface area (Å²) in [7, 11) is 0. The zero-order chi connectivity index (χ0) is 23.5. The van der Waals surface area contributed by atoms with E-state index in [2.05, 4.69) is 19.1 Å². The molecule has 1 aliphatic carbocycles. The van der Waals surface area contributed by atoms with Crippen molar-refractivity contribution in [2.75, 3.05) is 0 Å². The topological polar surface area (TPSA) is 63.6 Å². The molecule has 0 aliphatic heterocycles. The maximum atomic E-state index is 12.3. The Labute approximate surface area is 198 Å². The van der Waals surface area contributed by atoms with E-state index in [0.717, 1.165) is 49.7 Å². The van der Waals surface area contributed by atoms with Crippen molar-refractivity contribution in [3.63, 3.8) is 0 Å². The maximum Gasteiger partial charge on any atom is 0.306 e. The molecule has 5 heteroatoms. The Hall–Kier alpha value is -1.65. The molecule has 0 heterocycles. The summed E-state index contributed by atoms with van der Waals surface area (Å²) in [5, 5.41) is 10.6. The summed E-state index contributed by atoms with van der Waals surface area (Å²) >= 11 is 6.59. The summed E-state index contributed by atoms with van der Waals surface area (Å²) in [6, 6.07) is 7.74. The highest BCUT2D eigenvalue weighted by atomic mass is 35.5. The van der Waals surface area contributed by atoms with Gasteiger partial charge >= 0.3 is 5.97 Å². The van der Waals surface area contributed by atoms with Crippen molar-refractivity contribution in [1.82, 2.24) is 0 Å². The molecule has 1 N–H and O–H groups in total. The van der Waals surface area contributed by atoms with E-state index in [9.17, 15) is 14.7 Å². The molecule has 1 aromatic rings. The summed E-state index contributed by atoms with van der Waals surface area (Å²) in [6.45, 7) is 5.84. The molecule has 0 aromatic heterocycles. The van der Waals surface area contributed by atoms with Crippen LogP contribution in [0.25, 0.3) is 0 Å². The van der Waals surface area contributed by atoms with Crippen LogP contribution in [0.2, 0.25) is 0 Å².